The van der Waals surface area contributed by atoms with E-state index >= 15 is 0 Å². The summed E-state index contributed by atoms with van der Waals surface area (Å²) < 4.78 is 58.3. The third-order valence-corrected chi connectivity index (χ3v) is 20.7. The normalized spacial score (nSPS) is 13.1. The summed E-state index contributed by atoms with van der Waals surface area (Å²) in [6.45, 7) is 3.29. The first-order valence-corrected chi connectivity index (χ1v) is 44.9. The maximum Gasteiger partial charge on any atom is 0.446 e. The molecule has 129 heavy (non-hydrogen) atoms. The number of benzene rings is 3. The molecule has 4 aromatic rings. The predicted octanol–water partition coefficient (Wildman–Crippen LogP) is 2.87. The molecule has 1 aromatic heterocycles. The lowest BCUT2D eigenvalue weighted by molar-refractivity contribution is -0.147. The number of carbonyl (C=O) groups is 16. The Bertz CT molecular complexity index is 4350. The molecule has 0 saturated heterocycles. The van der Waals surface area contributed by atoms with Gasteiger partial charge in [0, 0.05) is 75.8 Å². The van der Waals surface area contributed by atoms with Crippen molar-refractivity contribution in [2.24, 2.45) is 11.7 Å². The minimum absolute atomic E-state index is 0.0103. The second kappa shape index (κ2) is 61.7. The van der Waals surface area contributed by atoms with E-state index in [2.05, 4.69) is 62.3 Å². The molecule has 0 spiro atoms. The second-order valence-electron chi connectivity index (χ2n) is 31.5. The molecule has 0 aliphatic carbocycles. The van der Waals surface area contributed by atoms with Crippen LogP contribution in [-0.2, 0) is 125 Å². The number of nitrogens with zero attached hydrogens (tertiary/aromatic N) is 1. The van der Waals surface area contributed by atoms with Crippen LogP contribution in [0.15, 0.2) is 85.1 Å². The van der Waals surface area contributed by atoms with Crippen LogP contribution in [0, 0.1) is 5.92 Å². The van der Waals surface area contributed by atoms with Gasteiger partial charge in [-0.25, -0.2) is 4.79 Å². The Hall–Kier alpha value is -11.7. The van der Waals surface area contributed by atoms with Crippen LogP contribution >= 0.6 is 0 Å². The molecule has 42 heteroatoms. The summed E-state index contributed by atoms with van der Waals surface area (Å²) in [5.41, 5.74) is 7.64. The number of H-pyrrole nitrogens is 1. The van der Waals surface area contributed by atoms with E-state index in [4.69, 9.17) is 29.8 Å². The lowest BCUT2D eigenvalue weighted by Gasteiger charge is -2.31. The number of aromatic amines is 1. The quantitative estimate of drug-likeness (QED) is 0.0223. The van der Waals surface area contributed by atoms with Crippen molar-refractivity contribution in [1.29, 1.82) is 0 Å². The average molecular weight is 1840 g/mol. The summed E-state index contributed by atoms with van der Waals surface area (Å²) in [7, 11) is -3.83. The van der Waals surface area contributed by atoms with Crippen molar-refractivity contribution in [3.63, 3.8) is 0 Å². The minimum atomic E-state index is -4.99. The number of amides is 12. The Labute approximate surface area is 750 Å². The summed E-state index contributed by atoms with van der Waals surface area (Å²) in [4.78, 5) is 214. The summed E-state index contributed by atoms with van der Waals surface area (Å²) in [5.74, 6) is -16.1. The van der Waals surface area contributed by atoms with Crippen LogP contribution in [0.2, 0.25) is 0 Å². The van der Waals surface area contributed by atoms with Crippen LogP contribution in [0.25, 0.3) is 10.9 Å². The number of aromatic nitrogens is 1. The highest BCUT2D eigenvalue weighted by molar-refractivity contribution is 7.81. The number of primary amides is 1. The fourth-order valence-corrected chi connectivity index (χ4v) is 13.9. The summed E-state index contributed by atoms with van der Waals surface area (Å²) in [6, 6.07) is 7.89. The summed E-state index contributed by atoms with van der Waals surface area (Å²) >= 11 is 0. The zero-order valence-electron chi connectivity index (χ0n) is 73.7. The molecule has 0 aliphatic heterocycles. The van der Waals surface area contributed by atoms with Gasteiger partial charge in [0.25, 0.3) is 0 Å². The maximum atomic E-state index is 14.7. The van der Waals surface area contributed by atoms with Crippen molar-refractivity contribution >= 4 is 116 Å². The van der Waals surface area contributed by atoms with Crippen LogP contribution in [0.5, 0.6) is 5.75 Å². The number of carboxylic acid groups (broad SMARTS) is 4. The number of likely N-dealkylation sites (N-methyl/N-ethyl adjacent to an activating group) is 1. The molecule has 0 fully saturated rings. The van der Waals surface area contributed by atoms with Crippen molar-refractivity contribution in [3.05, 3.63) is 102 Å². The molecule has 12 amide bonds. The standard InChI is InChI=1S/C87H129N13O28S/c1-5-6-29-64(86(118)100(4)71(52-79(110)111)85(117)97-66(80(88)112)48-58-26-20-19-21-27-58)96-83(115)69(50-60-53-91-63-30-25-24-28-62(60)63)94-74(103)54-92-81(113)67(47-57(2)3)98-82(114)68(49-59-33-35-61(36-34-59)128-129(121,122)123)99-84(116)70(51-78(108)109)95-76(105)56-127-46-44-125-42-40-90-75(104)55-126-45-43-124-41-39-89-72(101)38-37-65(87(119)120)93-73(102)31-22-17-15-13-11-9-7-8-10-12-14-16-18-23-32-77(106)107/h19-21,24-28,30,33-36,53,57,64-71,91H,5-18,22-23,29,31-32,37-52,54-56H2,1-4H3,(H2,88,112)(H,89,101)(H,90,104)(H,92,113)(H,93,102)(H,94,103)(H,95,105)(H,96,115)(H,97,117)(H,98,114)(H,99,116)(H,106,107)(H,108,109)(H,110,111)(H,119,120)(H,121,122,123)/t64-,65-,66-,67-,68-,69-,70-,71-/m0/s1. The highest BCUT2D eigenvalue weighted by Gasteiger charge is 2.38. The number of rotatable bonds is 71. The number of hydrogen-bond acceptors (Lipinski definition) is 23. The smallest absolute Gasteiger partial charge is 0.446 e. The number of fused-ring (bicyclic) bond motifs is 1. The number of unbranched alkanes of at least 4 members (excludes halogenated alkanes) is 14. The molecule has 0 saturated carbocycles. The molecule has 41 nitrogen and oxygen atoms in total. The van der Waals surface area contributed by atoms with Crippen LogP contribution in [0.4, 0.5) is 0 Å². The predicted molar refractivity (Wildman–Crippen MR) is 468 cm³/mol. The van der Waals surface area contributed by atoms with E-state index in [1.54, 1.807) is 81.6 Å². The molecular formula is C87H129N13O28S. The minimum Gasteiger partial charge on any atom is -0.481 e. The van der Waals surface area contributed by atoms with Gasteiger partial charge in [0.2, 0.25) is 70.9 Å². The third-order valence-electron chi connectivity index (χ3n) is 20.3. The van der Waals surface area contributed by atoms with E-state index in [1.807, 2.05) is 0 Å². The molecule has 8 atom stereocenters. The van der Waals surface area contributed by atoms with Crippen molar-refractivity contribution in [1.82, 2.24) is 63.1 Å². The number of nitrogens with one attached hydrogen (secondary N) is 11. The molecule has 0 radical (unpaired) electrons. The number of nitrogens with two attached hydrogens (primary N) is 1. The van der Waals surface area contributed by atoms with Crippen LogP contribution in [0.3, 0.4) is 0 Å². The Kier molecular flexibility index (Phi) is 52.4. The fourth-order valence-electron chi connectivity index (χ4n) is 13.5. The molecular weight excluding hydrogens is 1710 g/mol. The zero-order valence-corrected chi connectivity index (χ0v) is 74.5. The average Bonchev–Trinajstić information content (AvgIpc) is 1.71. The molecule has 0 unspecified atom stereocenters. The van der Waals surface area contributed by atoms with E-state index in [-0.39, 0.29) is 134 Å². The zero-order chi connectivity index (χ0) is 95.1. The van der Waals surface area contributed by atoms with Gasteiger partial charge < -0.3 is 112 Å². The number of carboxylic acids is 4. The molecule has 4 rings (SSSR count). The Balaban J connectivity index is 1.26. The maximum absolute atomic E-state index is 14.7. The molecule has 3 aromatic carbocycles. The van der Waals surface area contributed by atoms with Gasteiger partial charge in [0.05, 0.1) is 59.0 Å². The first kappa shape index (κ1) is 110. The highest BCUT2D eigenvalue weighted by atomic mass is 32.3. The molecule has 0 aliphatic rings. The van der Waals surface area contributed by atoms with Crippen LogP contribution in [-0.4, -0.2) is 266 Å². The van der Waals surface area contributed by atoms with Crippen molar-refractivity contribution in [3.8, 4) is 5.75 Å². The van der Waals surface area contributed by atoms with Gasteiger partial charge in [-0.2, -0.15) is 8.42 Å². The van der Waals surface area contributed by atoms with Crippen molar-refractivity contribution < 1.29 is 133 Å². The Morgan fingerprint density at radius 3 is 1.49 bits per heavy atom. The van der Waals surface area contributed by atoms with Crippen LogP contribution in [0.1, 0.15) is 192 Å². The number of para-hydroxylation sites is 1. The van der Waals surface area contributed by atoms with Gasteiger partial charge in [0.1, 0.15) is 67.3 Å². The van der Waals surface area contributed by atoms with Gasteiger partial charge in [-0.1, -0.05) is 171 Å². The van der Waals surface area contributed by atoms with E-state index in [1.165, 1.54) is 37.8 Å². The lowest BCUT2D eigenvalue weighted by atomic mass is 10.0. The van der Waals surface area contributed by atoms with Gasteiger partial charge in [-0.05, 0) is 72.9 Å². The third kappa shape index (κ3) is 47.8. The SMILES string of the molecule is CCCC[C@H](NC(=O)[C@H](Cc1c[nH]c2ccccc12)NC(=O)CNC(=O)[C@H](CC(C)C)NC(=O)[C@H](Cc1ccc(OS(=O)(=O)O)cc1)NC(=O)[C@H](CC(=O)O)NC(=O)COCCOCCNC(=O)COCCOCCNC(=O)CC[C@H](NC(=O)CCCCCCCCCCCCCCCCC(=O)O)C(=O)O)C(=O)N(C)[C@@H](CC(=O)O)C(=O)N[C@@H](Cc1ccccc1)C(N)=O. The number of ether oxygens (including phenoxy) is 4. The summed E-state index contributed by atoms with van der Waals surface area (Å²) in [5, 5.41) is 64.0. The van der Waals surface area contributed by atoms with E-state index in [0.717, 1.165) is 81.9 Å². The van der Waals surface area contributed by atoms with E-state index in [0.29, 0.717) is 41.3 Å². The number of carbonyl (C=O) groups excluding carboxylic acids is 12. The Morgan fingerprint density at radius 2 is 0.930 bits per heavy atom. The highest BCUT2D eigenvalue weighted by Crippen LogP contribution is 2.22. The van der Waals surface area contributed by atoms with Crippen molar-refractivity contribution in [2.75, 3.05) is 79.5 Å². The van der Waals surface area contributed by atoms with E-state index < -0.39 is 180 Å². The van der Waals surface area contributed by atoms with Gasteiger partial charge >= 0.3 is 34.3 Å². The largest absolute Gasteiger partial charge is 0.481 e. The first-order valence-electron chi connectivity index (χ1n) is 43.5. The molecule has 0 bridgehead atoms. The van der Waals surface area contributed by atoms with Crippen molar-refractivity contribution in [2.45, 2.75) is 242 Å². The molecule has 1 heterocycles. The van der Waals surface area contributed by atoms with Gasteiger partial charge in [-0.15, -0.1) is 0 Å². The Morgan fingerprint density at radius 1 is 0.442 bits per heavy atom. The van der Waals surface area contributed by atoms with Gasteiger partial charge in [0.15, 0.2) is 0 Å². The monoisotopic (exact) mass is 1840 g/mol. The number of aliphatic carboxylic acids is 4. The first-order chi connectivity index (χ1) is 61.5. The lowest BCUT2D eigenvalue weighted by Crippen LogP contribution is -2.59. The molecule has 716 valence electrons. The van der Waals surface area contributed by atoms with Crippen LogP contribution < -0.4 is 63.1 Å². The van der Waals surface area contributed by atoms with E-state index in [9.17, 15) is 105 Å². The number of hydrogen-bond donors (Lipinski definition) is 17. The summed E-state index contributed by atoms with van der Waals surface area (Å²) in [6.07, 6.45) is 14.2. The second-order valence-corrected chi connectivity index (χ2v) is 32.5. The fraction of sp³-hybridized carbons (Fsp3) is 0.586. The van der Waals surface area contributed by atoms with Gasteiger partial charge in [-0.3, -0.25) is 76.5 Å². The molecule has 18 N–H and O–H groups in total. The topological polar surface area (TPSA) is 620 Å².